The van der Waals surface area contributed by atoms with E-state index in [-0.39, 0.29) is 18.2 Å². The molecule has 0 unspecified atom stereocenters. The highest BCUT2D eigenvalue weighted by atomic mass is 35.5. The highest BCUT2D eigenvalue weighted by molar-refractivity contribution is 6.31. The van der Waals surface area contributed by atoms with E-state index in [2.05, 4.69) is 10.3 Å². The SMILES string of the molecule is Cl.Fc1cccc(Cl)c1CC1=NCCN1. The lowest BCUT2D eigenvalue weighted by Crippen LogP contribution is -2.21. The van der Waals surface area contributed by atoms with Gasteiger partial charge < -0.3 is 5.32 Å². The van der Waals surface area contributed by atoms with E-state index in [9.17, 15) is 4.39 Å². The molecule has 0 bridgehead atoms. The zero-order chi connectivity index (χ0) is 9.97. The second-order valence-corrected chi connectivity index (χ2v) is 3.54. The van der Waals surface area contributed by atoms with Crippen LogP contribution in [0.25, 0.3) is 0 Å². The highest BCUT2D eigenvalue weighted by Crippen LogP contribution is 2.19. The number of rotatable bonds is 2. The molecule has 1 aromatic rings. The van der Waals surface area contributed by atoms with Gasteiger partial charge in [0.15, 0.2) is 0 Å². The van der Waals surface area contributed by atoms with Crippen molar-refractivity contribution in [1.82, 2.24) is 5.32 Å². The fourth-order valence-electron chi connectivity index (χ4n) is 1.43. The Kier molecular flexibility index (Phi) is 4.36. The van der Waals surface area contributed by atoms with Gasteiger partial charge in [0.25, 0.3) is 0 Å². The molecule has 1 aliphatic rings. The van der Waals surface area contributed by atoms with Crippen molar-refractivity contribution in [2.75, 3.05) is 13.1 Å². The van der Waals surface area contributed by atoms with Gasteiger partial charge in [0.2, 0.25) is 0 Å². The minimum Gasteiger partial charge on any atom is -0.372 e. The first-order chi connectivity index (χ1) is 6.77. The third-order valence-electron chi connectivity index (χ3n) is 2.15. The van der Waals surface area contributed by atoms with Gasteiger partial charge in [0.05, 0.1) is 6.54 Å². The van der Waals surface area contributed by atoms with Crippen LogP contribution >= 0.6 is 24.0 Å². The van der Waals surface area contributed by atoms with Crippen molar-refractivity contribution < 1.29 is 4.39 Å². The Morgan fingerprint density at radius 3 is 2.87 bits per heavy atom. The standard InChI is InChI=1S/C10H10ClFN2.ClH/c11-8-2-1-3-9(12)7(8)6-10-13-4-5-14-10;/h1-3H,4-6H2,(H,13,14);1H. The molecule has 0 atom stereocenters. The van der Waals surface area contributed by atoms with Gasteiger partial charge in [-0.3, -0.25) is 4.99 Å². The minimum atomic E-state index is -0.270. The van der Waals surface area contributed by atoms with Gasteiger partial charge in [0, 0.05) is 23.6 Å². The number of amidine groups is 1. The molecule has 1 aromatic carbocycles. The number of hydrogen-bond donors (Lipinski definition) is 1. The number of halogens is 3. The largest absolute Gasteiger partial charge is 0.372 e. The van der Waals surface area contributed by atoms with E-state index in [1.54, 1.807) is 12.1 Å². The summed E-state index contributed by atoms with van der Waals surface area (Å²) in [5.74, 6) is 0.547. The molecular weight excluding hydrogens is 238 g/mol. The van der Waals surface area contributed by atoms with E-state index >= 15 is 0 Å². The third kappa shape index (κ3) is 2.83. The van der Waals surface area contributed by atoms with Crippen LogP contribution < -0.4 is 5.32 Å². The van der Waals surface area contributed by atoms with Crippen molar-refractivity contribution in [3.05, 3.63) is 34.6 Å². The topological polar surface area (TPSA) is 24.4 Å². The fraction of sp³-hybridized carbons (Fsp3) is 0.300. The molecule has 0 saturated carbocycles. The van der Waals surface area contributed by atoms with Crippen molar-refractivity contribution >= 4 is 29.8 Å². The summed E-state index contributed by atoms with van der Waals surface area (Å²) < 4.78 is 13.3. The number of aliphatic imine (C=N–C) groups is 1. The molecule has 1 N–H and O–H groups in total. The smallest absolute Gasteiger partial charge is 0.128 e. The zero-order valence-electron chi connectivity index (χ0n) is 7.96. The van der Waals surface area contributed by atoms with Crippen LogP contribution in [0.1, 0.15) is 5.56 Å². The van der Waals surface area contributed by atoms with E-state index in [1.807, 2.05) is 0 Å². The lowest BCUT2D eigenvalue weighted by Gasteiger charge is -2.05. The Balaban J connectivity index is 0.00000112. The normalized spacial score (nSPS) is 14.1. The maximum Gasteiger partial charge on any atom is 0.128 e. The first kappa shape index (κ1) is 12.3. The quantitative estimate of drug-likeness (QED) is 0.855. The summed E-state index contributed by atoms with van der Waals surface area (Å²) >= 11 is 5.89. The van der Waals surface area contributed by atoms with Crippen LogP contribution in [0, 0.1) is 5.82 Å². The second kappa shape index (κ2) is 5.33. The first-order valence-electron chi connectivity index (χ1n) is 4.47. The Morgan fingerprint density at radius 2 is 2.27 bits per heavy atom. The lowest BCUT2D eigenvalue weighted by molar-refractivity contribution is 0.615. The average molecular weight is 249 g/mol. The molecule has 0 aliphatic carbocycles. The van der Waals surface area contributed by atoms with Crippen LogP contribution in [0.2, 0.25) is 5.02 Å². The molecule has 0 radical (unpaired) electrons. The first-order valence-corrected chi connectivity index (χ1v) is 4.85. The summed E-state index contributed by atoms with van der Waals surface area (Å²) in [6.45, 7) is 1.60. The number of benzene rings is 1. The zero-order valence-corrected chi connectivity index (χ0v) is 9.54. The van der Waals surface area contributed by atoms with Crippen LogP contribution in [-0.4, -0.2) is 18.9 Å². The molecule has 0 aromatic heterocycles. The van der Waals surface area contributed by atoms with Crippen LogP contribution in [0.15, 0.2) is 23.2 Å². The van der Waals surface area contributed by atoms with E-state index in [1.165, 1.54) is 6.07 Å². The third-order valence-corrected chi connectivity index (χ3v) is 2.50. The second-order valence-electron chi connectivity index (χ2n) is 3.13. The number of nitrogens with zero attached hydrogens (tertiary/aromatic N) is 1. The van der Waals surface area contributed by atoms with Gasteiger partial charge in [-0.25, -0.2) is 4.39 Å². The molecule has 5 heteroatoms. The van der Waals surface area contributed by atoms with Crippen LogP contribution in [0.5, 0.6) is 0 Å². The van der Waals surface area contributed by atoms with Crippen molar-refractivity contribution in [2.24, 2.45) is 4.99 Å². The maximum absolute atomic E-state index is 13.3. The van der Waals surface area contributed by atoms with Gasteiger partial charge in [-0.15, -0.1) is 12.4 Å². The summed E-state index contributed by atoms with van der Waals surface area (Å²) in [6, 6.07) is 4.71. The monoisotopic (exact) mass is 248 g/mol. The summed E-state index contributed by atoms with van der Waals surface area (Å²) in [6.07, 6.45) is 0.450. The van der Waals surface area contributed by atoms with Gasteiger partial charge in [0.1, 0.15) is 11.7 Å². The molecule has 15 heavy (non-hydrogen) atoms. The fourth-order valence-corrected chi connectivity index (χ4v) is 1.66. The number of nitrogens with one attached hydrogen (secondary N) is 1. The molecule has 0 saturated heterocycles. The van der Waals surface area contributed by atoms with Crippen LogP contribution in [0.4, 0.5) is 4.39 Å². The predicted molar refractivity (Wildman–Crippen MR) is 62.7 cm³/mol. The molecule has 2 rings (SSSR count). The Bertz CT molecular complexity index is 359. The summed E-state index contributed by atoms with van der Waals surface area (Å²) in [5.41, 5.74) is 0.516. The molecule has 0 fully saturated rings. The molecule has 2 nitrogen and oxygen atoms in total. The van der Waals surface area contributed by atoms with Gasteiger partial charge >= 0.3 is 0 Å². The predicted octanol–water partition coefficient (Wildman–Crippen LogP) is 2.45. The molecule has 0 amide bonds. The van der Waals surface area contributed by atoms with Gasteiger partial charge in [-0.05, 0) is 12.1 Å². The van der Waals surface area contributed by atoms with Crippen molar-refractivity contribution in [2.45, 2.75) is 6.42 Å². The molecular formula is C10H11Cl2FN2. The minimum absolute atomic E-state index is 0. The summed E-state index contributed by atoms with van der Waals surface area (Å²) in [4.78, 5) is 4.19. The van der Waals surface area contributed by atoms with Crippen molar-refractivity contribution in [3.8, 4) is 0 Å². The molecule has 82 valence electrons. The summed E-state index contributed by atoms with van der Waals surface area (Å²) in [7, 11) is 0. The Morgan fingerprint density at radius 1 is 1.47 bits per heavy atom. The van der Waals surface area contributed by atoms with Crippen molar-refractivity contribution in [1.29, 1.82) is 0 Å². The molecule has 1 aliphatic heterocycles. The van der Waals surface area contributed by atoms with Crippen LogP contribution in [0.3, 0.4) is 0 Å². The summed E-state index contributed by atoms with van der Waals surface area (Å²) in [5, 5.41) is 3.54. The van der Waals surface area contributed by atoms with Gasteiger partial charge in [-0.1, -0.05) is 17.7 Å². The van der Waals surface area contributed by atoms with E-state index in [0.717, 1.165) is 18.9 Å². The molecule has 1 heterocycles. The average Bonchev–Trinajstić information content (AvgIpc) is 2.64. The van der Waals surface area contributed by atoms with E-state index in [0.29, 0.717) is 17.0 Å². The van der Waals surface area contributed by atoms with E-state index < -0.39 is 0 Å². The number of hydrogen-bond acceptors (Lipinski definition) is 2. The Labute approximate surface area is 99.0 Å². The van der Waals surface area contributed by atoms with Crippen molar-refractivity contribution in [3.63, 3.8) is 0 Å². The van der Waals surface area contributed by atoms with Crippen LogP contribution in [-0.2, 0) is 6.42 Å². The van der Waals surface area contributed by atoms with Gasteiger partial charge in [-0.2, -0.15) is 0 Å². The van der Waals surface area contributed by atoms with E-state index in [4.69, 9.17) is 11.6 Å². The Hall–Kier alpha value is -0.800. The molecule has 0 spiro atoms. The highest BCUT2D eigenvalue weighted by Gasteiger charge is 2.12. The maximum atomic E-state index is 13.3. The lowest BCUT2D eigenvalue weighted by atomic mass is 10.1.